The van der Waals surface area contributed by atoms with Crippen LogP contribution in [0.4, 0.5) is 0 Å². The topological polar surface area (TPSA) is 34.1 Å². The van der Waals surface area contributed by atoms with Gasteiger partial charge in [0, 0.05) is 12.3 Å². The summed E-state index contributed by atoms with van der Waals surface area (Å²) in [6, 6.07) is 0. The van der Waals surface area contributed by atoms with E-state index in [1.807, 2.05) is 20.8 Å². The molecule has 0 saturated heterocycles. The second-order valence-electron chi connectivity index (χ2n) is 5.66. The van der Waals surface area contributed by atoms with E-state index in [0.29, 0.717) is 18.3 Å². The number of hydrogen-bond donors (Lipinski definition) is 0. The van der Waals surface area contributed by atoms with E-state index in [-0.39, 0.29) is 11.3 Å². The molecule has 0 fully saturated rings. The van der Waals surface area contributed by atoms with Crippen LogP contribution in [-0.2, 0) is 9.59 Å². The van der Waals surface area contributed by atoms with Gasteiger partial charge in [0.25, 0.3) is 0 Å². The first kappa shape index (κ1) is 20.7. The molecule has 0 heterocycles. The smallest absolute Gasteiger partial charge is 0.123 e. The number of unbranched alkanes of at least 4 members (excludes halogenated alkanes) is 1. The number of aldehydes is 2. The molecule has 0 aromatic rings. The fraction of sp³-hybridized carbons (Fsp3) is 0.882. The van der Waals surface area contributed by atoms with Crippen molar-refractivity contribution in [1.82, 2.24) is 0 Å². The Morgan fingerprint density at radius 2 is 1.63 bits per heavy atom. The van der Waals surface area contributed by atoms with Crippen LogP contribution in [0.15, 0.2) is 0 Å². The van der Waals surface area contributed by atoms with E-state index in [1.165, 1.54) is 0 Å². The Morgan fingerprint density at radius 1 is 1.11 bits per heavy atom. The highest BCUT2D eigenvalue weighted by Crippen LogP contribution is 2.44. The maximum absolute atomic E-state index is 11.0. The third kappa shape index (κ3) is 6.35. The molecule has 2 nitrogen and oxygen atoms in total. The largest absolute Gasteiger partial charge is 0.303 e. The number of hydrogen-bond acceptors (Lipinski definition) is 2. The van der Waals surface area contributed by atoms with Gasteiger partial charge in [-0.25, -0.2) is 0 Å². The molecule has 4 atom stereocenters. The molecule has 0 aromatic carbocycles. The summed E-state index contributed by atoms with van der Waals surface area (Å²) in [6.07, 6.45) is 5.76. The summed E-state index contributed by atoms with van der Waals surface area (Å²) in [5.74, 6) is 1.03. The minimum Gasteiger partial charge on any atom is -0.303 e. The van der Waals surface area contributed by atoms with E-state index in [2.05, 4.69) is 27.7 Å². The summed E-state index contributed by atoms with van der Waals surface area (Å²) in [6.45, 7) is 14.9. The van der Waals surface area contributed by atoms with E-state index >= 15 is 0 Å². The van der Waals surface area contributed by atoms with Crippen LogP contribution < -0.4 is 0 Å². The van der Waals surface area contributed by atoms with E-state index < -0.39 is 0 Å². The van der Waals surface area contributed by atoms with Gasteiger partial charge in [-0.1, -0.05) is 54.9 Å². The maximum atomic E-state index is 11.0. The predicted molar refractivity (Wildman–Crippen MR) is 83.2 cm³/mol. The molecule has 0 aliphatic rings. The molecule has 0 aliphatic heterocycles. The Hall–Kier alpha value is -0.660. The van der Waals surface area contributed by atoms with Crippen molar-refractivity contribution in [3.8, 4) is 0 Å². The molecule has 0 aliphatic carbocycles. The number of carbonyl (C=O) groups excluding carboxylic acids is 2. The molecule has 0 saturated carbocycles. The SMILES string of the molecule is CC.CCC(C)[C@](C)(CCCC=O)C(C)[C@H](C)C=O. The van der Waals surface area contributed by atoms with Gasteiger partial charge in [-0.2, -0.15) is 0 Å². The summed E-state index contributed by atoms with van der Waals surface area (Å²) in [7, 11) is 0. The van der Waals surface area contributed by atoms with Crippen molar-refractivity contribution >= 4 is 12.6 Å². The van der Waals surface area contributed by atoms with Crippen molar-refractivity contribution in [3.05, 3.63) is 0 Å². The third-order valence-electron chi connectivity index (χ3n) is 4.82. The Balaban J connectivity index is 0. The Kier molecular flexibility index (Phi) is 12.2. The molecule has 2 unspecified atom stereocenters. The fourth-order valence-corrected chi connectivity index (χ4v) is 2.67. The molecule has 0 spiro atoms. The van der Waals surface area contributed by atoms with Crippen LogP contribution >= 0.6 is 0 Å². The molecular formula is C17H34O2. The highest BCUT2D eigenvalue weighted by molar-refractivity contribution is 5.53. The number of rotatable bonds is 9. The van der Waals surface area contributed by atoms with Crippen molar-refractivity contribution in [2.45, 2.75) is 74.1 Å². The van der Waals surface area contributed by atoms with E-state index in [4.69, 9.17) is 0 Å². The zero-order valence-corrected chi connectivity index (χ0v) is 14.0. The lowest BCUT2D eigenvalue weighted by molar-refractivity contribution is -0.114. The molecule has 0 amide bonds. The van der Waals surface area contributed by atoms with Gasteiger partial charge < -0.3 is 9.59 Å². The van der Waals surface area contributed by atoms with E-state index in [0.717, 1.165) is 31.8 Å². The van der Waals surface area contributed by atoms with Gasteiger partial charge in [0.2, 0.25) is 0 Å². The lowest BCUT2D eigenvalue weighted by Crippen LogP contribution is -2.36. The molecular weight excluding hydrogens is 236 g/mol. The minimum absolute atomic E-state index is 0.0882. The Labute approximate surface area is 120 Å². The van der Waals surface area contributed by atoms with Crippen LogP contribution in [0.2, 0.25) is 0 Å². The summed E-state index contributed by atoms with van der Waals surface area (Å²) in [5, 5.41) is 0. The van der Waals surface area contributed by atoms with Gasteiger partial charge in [-0.05, 0) is 30.1 Å². The lowest BCUT2D eigenvalue weighted by Gasteiger charge is -2.42. The van der Waals surface area contributed by atoms with Gasteiger partial charge >= 0.3 is 0 Å². The second-order valence-corrected chi connectivity index (χ2v) is 5.66. The standard InChI is InChI=1S/C15H28O2.C2H6/c1-6-13(3)15(5,9-7-8-10-16)14(4)12(2)11-17;1-2/h10-14H,6-9H2,1-5H3;1-2H3/t12-,13?,14?,15+;/m1./s1. The monoisotopic (exact) mass is 270 g/mol. The molecule has 114 valence electrons. The van der Waals surface area contributed by atoms with Gasteiger partial charge in [0.15, 0.2) is 0 Å². The Morgan fingerprint density at radius 3 is 2.00 bits per heavy atom. The third-order valence-corrected chi connectivity index (χ3v) is 4.82. The van der Waals surface area contributed by atoms with Gasteiger partial charge in [0.1, 0.15) is 12.6 Å². The van der Waals surface area contributed by atoms with Crippen molar-refractivity contribution in [3.63, 3.8) is 0 Å². The molecule has 0 rings (SSSR count). The Bertz CT molecular complexity index is 237. The summed E-state index contributed by atoms with van der Waals surface area (Å²) in [5.41, 5.74) is 0.151. The molecule has 0 radical (unpaired) electrons. The van der Waals surface area contributed by atoms with Crippen molar-refractivity contribution in [2.75, 3.05) is 0 Å². The lowest BCUT2D eigenvalue weighted by atomic mass is 9.62. The van der Waals surface area contributed by atoms with E-state index in [1.54, 1.807) is 0 Å². The summed E-state index contributed by atoms with van der Waals surface area (Å²) < 4.78 is 0. The minimum atomic E-state index is 0.0882. The van der Waals surface area contributed by atoms with Gasteiger partial charge in [0.05, 0.1) is 0 Å². The van der Waals surface area contributed by atoms with Crippen molar-refractivity contribution in [1.29, 1.82) is 0 Å². The molecule has 2 heteroatoms. The quantitative estimate of drug-likeness (QED) is 0.441. The maximum Gasteiger partial charge on any atom is 0.123 e. The second kappa shape index (κ2) is 11.2. The van der Waals surface area contributed by atoms with Crippen LogP contribution in [0.25, 0.3) is 0 Å². The molecule has 0 aromatic heterocycles. The van der Waals surface area contributed by atoms with E-state index in [9.17, 15) is 9.59 Å². The zero-order chi connectivity index (χ0) is 15.5. The molecule has 19 heavy (non-hydrogen) atoms. The molecule has 0 N–H and O–H groups in total. The highest BCUT2D eigenvalue weighted by atomic mass is 16.1. The zero-order valence-electron chi connectivity index (χ0n) is 14.0. The molecule has 0 bridgehead atoms. The summed E-state index contributed by atoms with van der Waals surface area (Å²) in [4.78, 5) is 21.4. The average molecular weight is 270 g/mol. The fourth-order valence-electron chi connectivity index (χ4n) is 2.67. The average Bonchev–Trinajstić information content (AvgIpc) is 2.46. The van der Waals surface area contributed by atoms with Crippen LogP contribution in [0.3, 0.4) is 0 Å². The van der Waals surface area contributed by atoms with Crippen LogP contribution in [0, 0.1) is 23.2 Å². The first-order chi connectivity index (χ1) is 8.93. The van der Waals surface area contributed by atoms with Crippen LogP contribution in [-0.4, -0.2) is 12.6 Å². The summed E-state index contributed by atoms with van der Waals surface area (Å²) >= 11 is 0. The van der Waals surface area contributed by atoms with Crippen molar-refractivity contribution < 1.29 is 9.59 Å². The normalized spacial score (nSPS) is 18.3. The predicted octanol–water partition coefficient (Wildman–Crippen LogP) is 4.91. The van der Waals surface area contributed by atoms with Crippen LogP contribution in [0.5, 0.6) is 0 Å². The highest BCUT2D eigenvalue weighted by Gasteiger charge is 2.37. The van der Waals surface area contributed by atoms with Crippen LogP contribution in [0.1, 0.15) is 74.1 Å². The van der Waals surface area contributed by atoms with Gasteiger partial charge in [-0.15, -0.1) is 0 Å². The van der Waals surface area contributed by atoms with Gasteiger partial charge in [-0.3, -0.25) is 0 Å². The van der Waals surface area contributed by atoms with Crippen molar-refractivity contribution in [2.24, 2.45) is 23.2 Å². The first-order valence-electron chi connectivity index (χ1n) is 7.82. The number of carbonyl (C=O) groups is 2. The first-order valence-corrected chi connectivity index (χ1v) is 7.82.